The van der Waals surface area contributed by atoms with Gasteiger partial charge < -0.3 is 9.16 Å². The van der Waals surface area contributed by atoms with E-state index in [4.69, 9.17) is 9.16 Å². The Morgan fingerprint density at radius 3 is 2.19 bits per heavy atom. The molecule has 0 saturated carbocycles. The van der Waals surface area contributed by atoms with Gasteiger partial charge in [0.05, 0.1) is 6.61 Å². The fourth-order valence-electron chi connectivity index (χ4n) is 2.23. The van der Waals surface area contributed by atoms with Crippen LogP contribution in [0.5, 0.6) is 0 Å². The van der Waals surface area contributed by atoms with E-state index in [0.717, 1.165) is 36.2 Å². The molecule has 0 radical (unpaired) electrons. The number of hydrogen-bond acceptors (Lipinski definition) is 3. The first kappa shape index (κ1) is 24.9. The monoisotopic (exact) mass is 380 g/mol. The van der Waals surface area contributed by atoms with Crippen LogP contribution in [0, 0.1) is 5.92 Å². The molecule has 0 N–H and O–H groups in total. The van der Waals surface area contributed by atoms with E-state index in [-0.39, 0.29) is 11.0 Å². The minimum atomic E-state index is -1.66. The second kappa shape index (κ2) is 10.9. The quantitative estimate of drug-likeness (QED) is 0.189. The van der Waals surface area contributed by atoms with Crippen LogP contribution >= 0.6 is 0 Å². The third-order valence-electron chi connectivity index (χ3n) is 5.15. The number of carbonyl (C=O) groups is 1. The average Bonchev–Trinajstić information content (AvgIpc) is 2.45. The molecule has 0 aromatic carbocycles. The van der Waals surface area contributed by atoms with Crippen molar-refractivity contribution in [2.45, 2.75) is 79.4 Å². The lowest BCUT2D eigenvalue weighted by Crippen LogP contribution is -2.41. The molecule has 0 aromatic rings. The van der Waals surface area contributed by atoms with E-state index >= 15 is 0 Å². The summed E-state index contributed by atoms with van der Waals surface area (Å²) < 4.78 is 11.2. The third-order valence-corrected chi connectivity index (χ3v) is 9.69. The summed E-state index contributed by atoms with van der Waals surface area (Å²) in [6.45, 7) is 24.7. The number of hydrogen-bond donors (Lipinski definition) is 0. The van der Waals surface area contributed by atoms with Crippen molar-refractivity contribution in [2.24, 2.45) is 5.92 Å². The lowest BCUT2D eigenvalue weighted by molar-refractivity contribution is -0.137. The van der Waals surface area contributed by atoms with E-state index in [1.165, 1.54) is 0 Å². The van der Waals surface area contributed by atoms with E-state index in [0.29, 0.717) is 12.5 Å². The van der Waals surface area contributed by atoms with Crippen molar-refractivity contribution in [2.75, 3.05) is 13.2 Å². The molecule has 0 aromatic heterocycles. The molecular formula is C22H40O3Si. The molecule has 150 valence electrons. The summed E-state index contributed by atoms with van der Waals surface area (Å²) in [6, 6.07) is 0. The molecule has 0 aliphatic rings. The zero-order chi connectivity index (χ0) is 20.5. The van der Waals surface area contributed by atoms with Crippen LogP contribution in [0.1, 0.15) is 61.3 Å². The van der Waals surface area contributed by atoms with Crippen LogP contribution in [0.2, 0.25) is 18.1 Å². The molecule has 0 rings (SSSR count). The summed E-state index contributed by atoms with van der Waals surface area (Å²) in [5, 5.41) is 0.252. The average molecular weight is 381 g/mol. The first-order chi connectivity index (χ1) is 11.8. The van der Waals surface area contributed by atoms with Crippen molar-refractivity contribution >= 4 is 14.3 Å². The minimum absolute atomic E-state index is 0.252. The van der Waals surface area contributed by atoms with Gasteiger partial charge in [0.2, 0.25) is 0 Å². The highest BCUT2D eigenvalue weighted by molar-refractivity contribution is 6.74. The lowest BCUT2D eigenvalue weighted by Gasteiger charge is -2.36. The van der Waals surface area contributed by atoms with Gasteiger partial charge in [-0.2, -0.15) is 0 Å². The zero-order valence-electron chi connectivity index (χ0n) is 18.5. The molecule has 0 unspecified atom stereocenters. The standard InChI is InChI=1S/C22H40O3Si/c1-11-24-21(23)16-20(5)19(4)15-18(3)14-17(2)12-13-25-26(9,10)22(6,7)8/h15-17H,3,11-14H2,1-2,4-10H3/b19-15+,20-16+/t17-/m0/s1. The second-order valence-electron chi connectivity index (χ2n) is 8.77. The molecule has 0 fully saturated rings. The summed E-state index contributed by atoms with van der Waals surface area (Å²) in [5.41, 5.74) is 3.05. The van der Waals surface area contributed by atoms with Crippen molar-refractivity contribution in [3.8, 4) is 0 Å². The summed E-state index contributed by atoms with van der Waals surface area (Å²) in [7, 11) is -1.66. The lowest BCUT2D eigenvalue weighted by atomic mass is 9.97. The summed E-state index contributed by atoms with van der Waals surface area (Å²) in [5.74, 6) is 0.227. The molecular weight excluding hydrogens is 340 g/mol. The Kier molecular flexibility index (Phi) is 10.4. The maximum atomic E-state index is 11.5. The van der Waals surface area contributed by atoms with Gasteiger partial charge in [-0.25, -0.2) is 4.79 Å². The summed E-state index contributed by atoms with van der Waals surface area (Å²) >= 11 is 0. The first-order valence-electron chi connectivity index (χ1n) is 9.65. The molecule has 0 aliphatic heterocycles. The maximum absolute atomic E-state index is 11.5. The van der Waals surface area contributed by atoms with Gasteiger partial charge >= 0.3 is 5.97 Å². The van der Waals surface area contributed by atoms with Crippen LogP contribution in [-0.2, 0) is 14.0 Å². The predicted molar refractivity (Wildman–Crippen MR) is 115 cm³/mol. The minimum Gasteiger partial charge on any atom is -0.463 e. The highest BCUT2D eigenvalue weighted by atomic mass is 28.4. The van der Waals surface area contributed by atoms with E-state index in [1.807, 2.05) is 20.8 Å². The smallest absolute Gasteiger partial charge is 0.331 e. The van der Waals surface area contributed by atoms with Gasteiger partial charge in [-0.15, -0.1) is 0 Å². The molecule has 26 heavy (non-hydrogen) atoms. The fraction of sp³-hybridized carbons (Fsp3) is 0.682. The van der Waals surface area contributed by atoms with E-state index < -0.39 is 8.32 Å². The Bertz CT molecular complexity index is 536. The van der Waals surface area contributed by atoms with Crippen LogP contribution in [0.4, 0.5) is 0 Å². The molecule has 0 saturated heterocycles. The van der Waals surface area contributed by atoms with Crippen LogP contribution in [0.25, 0.3) is 0 Å². The highest BCUT2D eigenvalue weighted by Gasteiger charge is 2.36. The van der Waals surface area contributed by atoms with E-state index in [9.17, 15) is 4.79 Å². The highest BCUT2D eigenvalue weighted by Crippen LogP contribution is 2.36. The van der Waals surface area contributed by atoms with Crippen molar-refractivity contribution in [1.82, 2.24) is 0 Å². The third kappa shape index (κ3) is 9.53. The SMILES string of the molecule is C=C(/C=C(C)/C(C)=C/C(=O)OCC)C[C@@H](C)CCO[Si](C)(C)C(C)(C)C. The first-order valence-corrected chi connectivity index (χ1v) is 12.6. The Hall–Kier alpha value is -1.13. The van der Waals surface area contributed by atoms with Crippen molar-refractivity contribution in [3.63, 3.8) is 0 Å². The van der Waals surface area contributed by atoms with Crippen LogP contribution in [-0.4, -0.2) is 27.5 Å². The van der Waals surface area contributed by atoms with Gasteiger partial charge in [0.1, 0.15) is 0 Å². The van der Waals surface area contributed by atoms with Crippen molar-refractivity contribution in [3.05, 3.63) is 35.5 Å². The topological polar surface area (TPSA) is 35.5 Å². The van der Waals surface area contributed by atoms with Gasteiger partial charge in [-0.05, 0) is 68.8 Å². The zero-order valence-corrected chi connectivity index (χ0v) is 19.5. The second-order valence-corrected chi connectivity index (χ2v) is 13.6. The van der Waals surface area contributed by atoms with Gasteiger partial charge in [0.25, 0.3) is 0 Å². The number of allylic oxidation sites excluding steroid dienone is 4. The van der Waals surface area contributed by atoms with Crippen LogP contribution in [0.15, 0.2) is 35.5 Å². The van der Waals surface area contributed by atoms with Gasteiger partial charge in [0.15, 0.2) is 8.32 Å². The molecule has 0 heterocycles. The van der Waals surface area contributed by atoms with Gasteiger partial charge in [-0.3, -0.25) is 0 Å². The van der Waals surface area contributed by atoms with Crippen molar-refractivity contribution < 1.29 is 14.0 Å². The molecule has 0 spiro atoms. The largest absolute Gasteiger partial charge is 0.463 e. The van der Waals surface area contributed by atoms with Gasteiger partial charge in [0, 0.05) is 12.7 Å². The molecule has 0 bridgehead atoms. The Morgan fingerprint density at radius 2 is 1.69 bits per heavy atom. The maximum Gasteiger partial charge on any atom is 0.331 e. The molecule has 4 heteroatoms. The molecule has 0 aliphatic carbocycles. The fourth-order valence-corrected chi connectivity index (χ4v) is 3.30. The number of rotatable bonds is 10. The molecule has 1 atom stereocenters. The van der Waals surface area contributed by atoms with Gasteiger partial charge in [-0.1, -0.05) is 45.9 Å². The normalized spacial score (nSPS) is 15.0. The van der Waals surface area contributed by atoms with Crippen LogP contribution in [0.3, 0.4) is 0 Å². The Balaban J connectivity index is 4.52. The molecule has 0 amide bonds. The number of esters is 1. The van der Waals surface area contributed by atoms with Crippen LogP contribution < -0.4 is 0 Å². The van der Waals surface area contributed by atoms with Crippen molar-refractivity contribution in [1.29, 1.82) is 0 Å². The Labute approximate surface area is 162 Å². The number of carbonyl (C=O) groups excluding carboxylic acids is 1. The number of ether oxygens (including phenoxy) is 1. The summed E-state index contributed by atoms with van der Waals surface area (Å²) in [4.78, 5) is 11.5. The summed E-state index contributed by atoms with van der Waals surface area (Å²) in [6.07, 6.45) is 5.58. The molecule has 3 nitrogen and oxygen atoms in total. The van der Waals surface area contributed by atoms with E-state index in [1.54, 1.807) is 6.08 Å². The van der Waals surface area contributed by atoms with E-state index in [2.05, 4.69) is 53.4 Å². The predicted octanol–water partition coefficient (Wildman–Crippen LogP) is 6.44. The Morgan fingerprint density at radius 1 is 1.15 bits per heavy atom.